The molecule has 3 N–H and O–H groups in total. The molecule has 0 bridgehead atoms. The number of oxime groups is 1. The van der Waals surface area contributed by atoms with E-state index in [-0.39, 0.29) is 17.2 Å². The van der Waals surface area contributed by atoms with Gasteiger partial charge in [0.2, 0.25) is 5.91 Å². The standard InChI is InChI=1S/C16H29N3O2/c1-12(2)10-16(7-3-4-8-16)15(20)19-9-5-6-13(11-19)14(17)18-21/h12-13,21H,3-11H2,1-2H3,(H2,17,18). The SMILES string of the molecule is CC(C)CC1(C(=O)N2CCCC(C(N)=NO)C2)CCCC1. The van der Waals surface area contributed by atoms with E-state index in [4.69, 9.17) is 10.9 Å². The van der Waals surface area contributed by atoms with Crippen molar-refractivity contribution in [3.8, 4) is 0 Å². The Morgan fingerprint density at radius 3 is 2.62 bits per heavy atom. The van der Waals surface area contributed by atoms with Gasteiger partial charge in [-0.2, -0.15) is 0 Å². The second-order valence-electron chi connectivity index (χ2n) is 7.20. The van der Waals surface area contributed by atoms with Crippen LogP contribution in [0.5, 0.6) is 0 Å². The smallest absolute Gasteiger partial charge is 0.228 e. The predicted molar refractivity (Wildman–Crippen MR) is 83.1 cm³/mol. The normalized spacial score (nSPS) is 26.3. The van der Waals surface area contributed by atoms with Crippen LogP contribution in [0.4, 0.5) is 0 Å². The van der Waals surface area contributed by atoms with Crippen LogP contribution in [0.2, 0.25) is 0 Å². The third-order valence-corrected chi connectivity index (χ3v) is 5.06. The van der Waals surface area contributed by atoms with E-state index in [0.717, 1.165) is 51.5 Å². The van der Waals surface area contributed by atoms with E-state index < -0.39 is 0 Å². The zero-order valence-electron chi connectivity index (χ0n) is 13.3. The molecule has 2 aliphatic rings. The molecule has 0 aromatic rings. The van der Waals surface area contributed by atoms with Gasteiger partial charge in [0.25, 0.3) is 0 Å². The maximum atomic E-state index is 13.1. The molecular weight excluding hydrogens is 266 g/mol. The summed E-state index contributed by atoms with van der Waals surface area (Å²) < 4.78 is 0. The van der Waals surface area contributed by atoms with Gasteiger partial charge in [0.15, 0.2) is 0 Å². The lowest BCUT2D eigenvalue weighted by atomic mass is 9.76. The molecule has 5 nitrogen and oxygen atoms in total. The summed E-state index contributed by atoms with van der Waals surface area (Å²) in [6, 6.07) is 0. The van der Waals surface area contributed by atoms with Crippen LogP contribution in [0, 0.1) is 17.3 Å². The van der Waals surface area contributed by atoms with Gasteiger partial charge in [-0.25, -0.2) is 0 Å². The van der Waals surface area contributed by atoms with Crippen molar-refractivity contribution in [3.63, 3.8) is 0 Å². The molecule has 1 saturated heterocycles. The number of carbonyl (C=O) groups is 1. The predicted octanol–water partition coefficient (Wildman–Crippen LogP) is 2.58. The first-order valence-corrected chi connectivity index (χ1v) is 8.25. The van der Waals surface area contributed by atoms with Crippen LogP contribution in [0.1, 0.15) is 58.8 Å². The van der Waals surface area contributed by atoms with Gasteiger partial charge in [-0.3, -0.25) is 4.79 Å². The Bertz CT molecular complexity index is 400. The molecular formula is C16H29N3O2. The van der Waals surface area contributed by atoms with Crippen molar-refractivity contribution in [1.82, 2.24) is 4.90 Å². The lowest BCUT2D eigenvalue weighted by Gasteiger charge is -2.39. The number of carbonyl (C=O) groups excluding carboxylic acids is 1. The summed E-state index contributed by atoms with van der Waals surface area (Å²) in [6.07, 6.45) is 7.19. The van der Waals surface area contributed by atoms with Crippen molar-refractivity contribution in [3.05, 3.63) is 0 Å². The fraction of sp³-hybridized carbons (Fsp3) is 0.875. The highest BCUT2D eigenvalue weighted by Crippen LogP contribution is 2.45. The minimum absolute atomic E-state index is 0.00482. The van der Waals surface area contributed by atoms with Crippen molar-refractivity contribution in [2.75, 3.05) is 13.1 Å². The monoisotopic (exact) mass is 295 g/mol. The van der Waals surface area contributed by atoms with E-state index in [2.05, 4.69) is 19.0 Å². The summed E-state index contributed by atoms with van der Waals surface area (Å²) in [7, 11) is 0. The van der Waals surface area contributed by atoms with Crippen molar-refractivity contribution < 1.29 is 10.0 Å². The molecule has 1 aliphatic carbocycles. The molecule has 0 spiro atoms. The van der Waals surface area contributed by atoms with Gasteiger partial charge in [-0.15, -0.1) is 0 Å². The molecule has 1 amide bonds. The van der Waals surface area contributed by atoms with Crippen LogP contribution in [0.3, 0.4) is 0 Å². The fourth-order valence-electron chi connectivity index (χ4n) is 4.16. The fourth-order valence-corrected chi connectivity index (χ4v) is 4.16. The maximum Gasteiger partial charge on any atom is 0.228 e. The van der Waals surface area contributed by atoms with Crippen LogP contribution < -0.4 is 5.73 Å². The number of hydrogen-bond donors (Lipinski definition) is 2. The summed E-state index contributed by atoms with van der Waals surface area (Å²) in [5, 5.41) is 12.0. The number of piperidine rings is 1. The van der Waals surface area contributed by atoms with Crippen molar-refractivity contribution in [1.29, 1.82) is 0 Å². The molecule has 5 heteroatoms. The van der Waals surface area contributed by atoms with E-state index in [1.54, 1.807) is 0 Å². The molecule has 2 rings (SSSR count). The lowest BCUT2D eigenvalue weighted by Crippen LogP contribution is -2.49. The Balaban J connectivity index is 2.10. The van der Waals surface area contributed by atoms with E-state index in [1.807, 2.05) is 4.90 Å². The Hall–Kier alpha value is -1.26. The van der Waals surface area contributed by atoms with Crippen LogP contribution in [-0.2, 0) is 4.79 Å². The summed E-state index contributed by atoms with van der Waals surface area (Å²) in [4.78, 5) is 15.1. The average molecular weight is 295 g/mol. The summed E-state index contributed by atoms with van der Waals surface area (Å²) in [6.45, 7) is 5.81. The highest BCUT2D eigenvalue weighted by molar-refractivity contribution is 5.86. The third kappa shape index (κ3) is 3.50. The van der Waals surface area contributed by atoms with E-state index in [0.29, 0.717) is 18.4 Å². The Morgan fingerprint density at radius 1 is 1.38 bits per heavy atom. The van der Waals surface area contributed by atoms with Crippen molar-refractivity contribution in [2.24, 2.45) is 28.1 Å². The minimum Gasteiger partial charge on any atom is -0.409 e. The largest absolute Gasteiger partial charge is 0.409 e. The van der Waals surface area contributed by atoms with Gasteiger partial charge in [-0.1, -0.05) is 31.8 Å². The van der Waals surface area contributed by atoms with Gasteiger partial charge >= 0.3 is 0 Å². The number of hydrogen-bond acceptors (Lipinski definition) is 3. The molecule has 1 atom stereocenters. The lowest BCUT2D eigenvalue weighted by molar-refractivity contribution is -0.144. The highest BCUT2D eigenvalue weighted by atomic mass is 16.4. The maximum absolute atomic E-state index is 13.1. The minimum atomic E-state index is -0.152. The molecule has 0 radical (unpaired) electrons. The highest BCUT2D eigenvalue weighted by Gasteiger charge is 2.44. The van der Waals surface area contributed by atoms with Gasteiger partial charge in [0, 0.05) is 24.4 Å². The summed E-state index contributed by atoms with van der Waals surface area (Å²) >= 11 is 0. The number of nitrogens with two attached hydrogens (primary N) is 1. The Morgan fingerprint density at radius 2 is 2.05 bits per heavy atom. The van der Waals surface area contributed by atoms with Crippen LogP contribution in [0.15, 0.2) is 5.16 Å². The molecule has 1 unspecified atom stereocenters. The van der Waals surface area contributed by atoms with Crippen molar-refractivity contribution in [2.45, 2.75) is 58.8 Å². The topological polar surface area (TPSA) is 78.9 Å². The van der Waals surface area contributed by atoms with E-state index in [9.17, 15) is 4.79 Å². The number of likely N-dealkylation sites (tertiary alicyclic amines) is 1. The van der Waals surface area contributed by atoms with Gasteiger partial charge in [0.1, 0.15) is 5.84 Å². The molecule has 120 valence electrons. The zero-order chi connectivity index (χ0) is 15.5. The first kappa shape index (κ1) is 16.1. The first-order chi connectivity index (χ1) is 9.98. The van der Waals surface area contributed by atoms with Crippen LogP contribution >= 0.6 is 0 Å². The number of amidine groups is 1. The molecule has 1 aliphatic heterocycles. The average Bonchev–Trinajstić information content (AvgIpc) is 2.94. The zero-order valence-corrected chi connectivity index (χ0v) is 13.3. The van der Waals surface area contributed by atoms with E-state index >= 15 is 0 Å². The Kier molecular flexibility index (Phi) is 5.12. The quantitative estimate of drug-likeness (QED) is 0.362. The van der Waals surface area contributed by atoms with Gasteiger partial charge in [-0.05, 0) is 38.0 Å². The second-order valence-corrected chi connectivity index (χ2v) is 7.20. The van der Waals surface area contributed by atoms with Gasteiger partial charge in [0.05, 0.1) is 0 Å². The van der Waals surface area contributed by atoms with Crippen LogP contribution in [-0.4, -0.2) is 34.9 Å². The van der Waals surface area contributed by atoms with E-state index in [1.165, 1.54) is 0 Å². The molecule has 2 fully saturated rings. The summed E-state index contributed by atoms with van der Waals surface area (Å²) in [5.74, 6) is 1.11. The first-order valence-electron chi connectivity index (χ1n) is 8.25. The van der Waals surface area contributed by atoms with Crippen molar-refractivity contribution >= 4 is 11.7 Å². The van der Waals surface area contributed by atoms with Gasteiger partial charge < -0.3 is 15.8 Å². The van der Waals surface area contributed by atoms with Crippen LogP contribution in [0.25, 0.3) is 0 Å². The number of rotatable bonds is 4. The Labute approximate surface area is 127 Å². The third-order valence-electron chi connectivity index (χ3n) is 5.06. The molecule has 1 saturated carbocycles. The molecule has 0 aromatic carbocycles. The molecule has 1 heterocycles. The second kappa shape index (κ2) is 6.67. The molecule has 21 heavy (non-hydrogen) atoms. The summed E-state index contributed by atoms with van der Waals surface area (Å²) in [5.41, 5.74) is 5.59. The molecule has 0 aromatic heterocycles. The number of nitrogens with zero attached hydrogens (tertiary/aromatic N) is 2. The number of amides is 1.